The topological polar surface area (TPSA) is 35.0 Å². The molecule has 0 aliphatic rings. The molecule has 0 N–H and O–H groups in total. The Morgan fingerprint density at radius 2 is 2.42 bits per heavy atom. The highest BCUT2D eigenvalue weighted by atomic mass is 16.5. The molecule has 1 heterocycles. The summed E-state index contributed by atoms with van der Waals surface area (Å²) in [6, 6.07) is 1.84. The van der Waals surface area contributed by atoms with Crippen molar-refractivity contribution >= 4 is 6.08 Å². The van der Waals surface area contributed by atoms with Gasteiger partial charge in [0.2, 0.25) is 0 Å². The molecule has 0 spiro atoms. The minimum atomic E-state index is 0.681. The summed E-state index contributed by atoms with van der Waals surface area (Å²) < 4.78 is 5.04. The standard InChI is InChI=1S/C9H12N2O/c1-3-12-7-5-9-4-6-10-8(2)11-9/h4-7H,3H2,1-2H3/b7-5+. The molecule has 3 heteroatoms. The van der Waals surface area contributed by atoms with Gasteiger partial charge in [0.15, 0.2) is 0 Å². The van der Waals surface area contributed by atoms with Crippen LogP contribution in [0.4, 0.5) is 0 Å². The minimum absolute atomic E-state index is 0.681. The molecule has 0 aromatic carbocycles. The van der Waals surface area contributed by atoms with Gasteiger partial charge in [-0.2, -0.15) is 0 Å². The van der Waals surface area contributed by atoms with Crippen LogP contribution in [0, 0.1) is 6.92 Å². The van der Waals surface area contributed by atoms with Crippen LogP contribution in [0.1, 0.15) is 18.4 Å². The SMILES string of the molecule is CCO/C=C/c1ccnc(C)n1. The summed E-state index contributed by atoms with van der Waals surface area (Å²) in [4.78, 5) is 8.15. The first kappa shape index (κ1) is 8.71. The van der Waals surface area contributed by atoms with Crippen molar-refractivity contribution in [2.75, 3.05) is 6.61 Å². The molecule has 0 radical (unpaired) electrons. The van der Waals surface area contributed by atoms with Crippen LogP contribution in [-0.2, 0) is 4.74 Å². The lowest BCUT2D eigenvalue weighted by atomic mass is 10.4. The second-order valence-corrected chi connectivity index (χ2v) is 2.29. The molecule has 0 aliphatic carbocycles. The number of aromatic nitrogens is 2. The van der Waals surface area contributed by atoms with Crippen molar-refractivity contribution in [2.24, 2.45) is 0 Å². The minimum Gasteiger partial charge on any atom is -0.501 e. The largest absolute Gasteiger partial charge is 0.501 e. The Hall–Kier alpha value is -1.38. The summed E-state index contributed by atoms with van der Waals surface area (Å²) in [7, 11) is 0. The van der Waals surface area contributed by atoms with Gasteiger partial charge < -0.3 is 4.74 Å². The van der Waals surface area contributed by atoms with Crippen LogP contribution in [0.3, 0.4) is 0 Å². The number of ether oxygens (including phenoxy) is 1. The molecule has 1 aromatic rings. The Bertz CT molecular complexity index is 271. The van der Waals surface area contributed by atoms with Crippen LogP contribution < -0.4 is 0 Å². The zero-order valence-electron chi connectivity index (χ0n) is 7.32. The van der Waals surface area contributed by atoms with Crippen LogP contribution in [-0.4, -0.2) is 16.6 Å². The van der Waals surface area contributed by atoms with Gasteiger partial charge in [0.25, 0.3) is 0 Å². The summed E-state index contributed by atoms with van der Waals surface area (Å²) in [5.41, 5.74) is 0.871. The average Bonchev–Trinajstić information content (AvgIpc) is 2.05. The van der Waals surface area contributed by atoms with Crippen molar-refractivity contribution in [3.63, 3.8) is 0 Å². The zero-order chi connectivity index (χ0) is 8.81. The summed E-state index contributed by atoms with van der Waals surface area (Å²) in [5, 5.41) is 0. The number of nitrogens with zero attached hydrogens (tertiary/aromatic N) is 2. The molecule has 0 saturated carbocycles. The number of rotatable bonds is 3. The zero-order valence-corrected chi connectivity index (χ0v) is 7.32. The van der Waals surface area contributed by atoms with Crippen molar-refractivity contribution in [3.8, 4) is 0 Å². The van der Waals surface area contributed by atoms with E-state index in [9.17, 15) is 0 Å². The normalized spacial score (nSPS) is 10.5. The van der Waals surface area contributed by atoms with Crippen molar-refractivity contribution in [2.45, 2.75) is 13.8 Å². The molecular formula is C9H12N2O. The Kier molecular flexibility index (Phi) is 3.26. The molecule has 3 nitrogen and oxygen atoms in total. The van der Waals surface area contributed by atoms with Gasteiger partial charge >= 0.3 is 0 Å². The molecule has 0 atom stereocenters. The Balaban J connectivity index is 2.63. The molecule has 0 saturated heterocycles. The summed E-state index contributed by atoms with van der Waals surface area (Å²) >= 11 is 0. The number of hydrogen-bond acceptors (Lipinski definition) is 3. The van der Waals surface area contributed by atoms with Gasteiger partial charge in [-0.1, -0.05) is 0 Å². The molecule has 0 unspecified atom stereocenters. The summed E-state index contributed by atoms with van der Waals surface area (Å²) in [6.07, 6.45) is 5.19. The van der Waals surface area contributed by atoms with E-state index in [0.717, 1.165) is 11.5 Å². The third-order valence-electron chi connectivity index (χ3n) is 1.30. The predicted octanol–water partition coefficient (Wildman–Crippen LogP) is 1.79. The molecule has 12 heavy (non-hydrogen) atoms. The highest BCUT2D eigenvalue weighted by Crippen LogP contribution is 1.97. The molecule has 0 bridgehead atoms. The summed E-state index contributed by atoms with van der Waals surface area (Å²) in [5.74, 6) is 0.772. The molecule has 1 aromatic heterocycles. The van der Waals surface area contributed by atoms with E-state index in [0.29, 0.717) is 6.61 Å². The van der Waals surface area contributed by atoms with E-state index in [-0.39, 0.29) is 0 Å². The maximum absolute atomic E-state index is 5.04. The van der Waals surface area contributed by atoms with Crippen LogP contribution in [0.2, 0.25) is 0 Å². The average molecular weight is 164 g/mol. The Morgan fingerprint density at radius 3 is 3.08 bits per heavy atom. The van der Waals surface area contributed by atoms with Crippen LogP contribution >= 0.6 is 0 Å². The van der Waals surface area contributed by atoms with Gasteiger partial charge in [0.05, 0.1) is 18.6 Å². The highest BCUT2D eigenvalue weighted by molar-refractivity contribution is 5.41. The lowest BCUT2D eigenvalue weighted by molar-refractivity contribution is 0.272. The molecule has 64 valence electrons. The number of aryl methyl sites for hydroxylation is 1. The lowest BCUT2D eigenvalue weighted by Gasteiger charge is -1.94. The highest BCUT2D eigenvalue weighted by Gasteiger charge is 1.88. The molecule has 0 amide bonds. The molecule has 0 fully saturated rings. The van der Waals surface area contributed by atoms with E-state index in [2.05, 4.69) is 9.97 Å². The second-order valence-electron chi connectivity index (χ2n) is 2.29. The van der Waals surface area contributed by atoms with Gasteiger partial charge in [-0.15, -0.1) is 0 Å². The Morgan fingerprint density at radius 1 is 1.58 bits per heavy atom. The van der Waals surface area contributed by atoms with Crippen molar-refractivity contribution in [1.29, 1.82) is 0 Å². The van der Waals surface area contributed by atoms with Crippen molar-refractivity contribution in [3.05, 3.63) is 30.0 Å². The molecular weight excluding hydrogens is 152 g/mol. The number of hydrogen-bond donors (Lipinski definition) is 0. The molecule has 1 rings (SSSR count). The fraction of sp³-hybridized carbons (Fsp3) is 0.333. The lowest BCUT2D eigenvalue weighted by Crippen LogP contribution is -1.88. The van der Waals surface area contributed by atoms with Gasteiger partial charge in [0, 0.05) is 6.20 Å². The van der Waals surface area contributed by atoms with Gasteiger partial charge in [-0.25, -0.2) is 9.97 Å². The Labute approximate surface area is 72.1 Å². The maximum atomic E-state index is 5.04. The smallest absolute Gasteiger partial charge is 0.125 e. The first-order valence-electron chi connectivity index (χ1n) is 3.90. The van der Waals surface area contributed by atoms with Gasteiger partial charge in [-0.05, 0) is 26.0 Å². The monoisotopic (exact) mass is 164 g/mol. The maximum Gasteiger partial charge on any atom is 0.125 e. The van der Waals surface area contributed by atoms with Gasteiger partial charge in [-0.3, -0.25) is 0 Å². The van der Waals surface area contributed by atoms with E-state index >= 15 is 0 Å². The van der Waals surface area contributed by atoms with E-state index in [1.807, 2.05) is 26.0 Å². The van der Waals surface area contributed by atoms with E-state index in [4.69, 9.17) is 4.74 Å². The van der Waals surface area contributed by atoms with Crippen LogP contribution in [0.25, 0.3) is 6.08 Å². The molecule has 0 aliphatic heterocycles. The first-order valence-corrected chi connectivity index (χ1v) is 3.90. The van der Waals surface area contributed by atoms with Crippen LogP contribution in [0.15, 0.2) is 18.5 Å². The first-order chi connectivity index (χ1) is 5.83. The van der Waals surface area contributed by atoms with Crippen molar-refractivity contribution in [1.82, 2.24) is 9.97 Å². The quantitative estimate of drug-likeness (QED) is 0.639. The van der Waals surface area contributed by atoms with Gasteiger partial charge in [0.1, 0.15) is 5.82 Å². The fourth-order valence-electron chi connectivity index (χ4n) is 0.781. The van der Waals surface area contributed by atoms with Crippen molar-refractivity contribution < 1.29 is 4.74 Å². The van der Waals surface area contributed by atoms with Crippen LogP contribution in [0.5, 0.6) is 0 Å². The predicted molar refractivity (Wildman–Crippen MR) is 47.4 cm³/mol. The third kappa shape index (κ3) is 2.70. The summed E-state index contributed by atoms with van der Waals surface area (Å²) in [6.45, 7) is 4.48. The van der Waals surface area contributed by atoms with E-state index in [1.54, 1.807) is 12.5 Å². The van der Waals surface area contributed by atoms with E-state index in [1.165, 1.54) is 0 Å². The third-order valence-corrected chi connectivity index (χ3v) is 1.30. The second kappa shape index (κ2) is 4.49. The van der Waals surface area contributed by atoms with E-state index < -0.39 is 0 Å². The fourth-order valence-corrected chi connectivity index (χ4v) is 0.781.